The molecule has 130 valence electrons. The molecule has 3 rings (SSSR count). The molecular formula is C18H20FN5O. The second-order valence-electron chi connectivity index (χ2n) is 5.85. The average molecular weight is 341 g/mol. The van der Waals surface area contributed by atoms with Crippen molar-refractivity contribution >= 4 is 5.91 Å². The number of amides is 1. The van der Waals surface area contributed by atoms with Gasteiger partial charge in [0.25, 0.3) is 5.91 Å². The number of carbonyl (C=O) groups is 1. The molecule has 2 aromatic heterocycles. The molecule has 0 spiro atoms. The molecule has 0 fully saturated rings. The number of nitrogens with one attached hydrogen (secondary N) is 1. The van der Waals surface area contributed by atoms with Crippen molar-refractivity contribution in [3.63, 3.8) is 0 Å². The van der Waals surface area contributed by atoms with Crippen molar-refractivity contribution in [2.75, 3.05) is 0 Å². The van der Waals surface area contributed by atoms with Crippen molar-refractivity contribution in [1.29, 1.82) is 0 Å². The van der Waals surface area contributed by atoms with Crippen LogP contribution < -0.4 is 5.32 Å². The van der Waals surface area contributed by atoms with E-state index < -0.39 is 6.04 Å². The Morgan fingerprint density at radius 1 is 1.28 bits per heavy atom. The van der Waals surface area contributed by atoms with E-state index in [1.54, 1.807) is 42.3 Å². The molecule has 0 aliphatic rings. The molecule has 0 saturated heterocycles. The van der Waals surface area contributed by atoms with Gasteiger partial charge in [-0.3, -0.25) is 9.48 Å². The Balaban J connectivity index is 1.95. The summed E-state index contributed by atoms with van der Waals surface area (Å²) in [6.45, 7) is 1.99. The van der Waals surface area contributed by atoms with Crippen LogP contribution in [0.3, 0.4) is 0 Å². The number of hydrogen-bond acceptors (Lipinski definition) is 3. The third kappa shape index (κ3) is 3.45. The Hall–Kier alpha value is -2.96. The first-order valence-electron chi connectivity index (χ1n) is 8.06. The molecule has 1 unspecified atom stereocenters. The molecule has 0 saturated carbocycles. The number of aryl methyl sites for hydroxylation is 3. The fourth-order valence-corrected chi connectivity index (χ4v) is 2.72. The normalized spacial score (nSPS) is 12.2. The van der Waals surface area contributed by atoms with E-state index in [1.165, 1.54) is 12.1 Å². The van der Waals surface area contributed by atoms with E-state index in [4.69, 9.17) is 0 Å². The minimum Gasteiger partial charge on any atom is -0.337 e. The number of rotatable bonds is 5. The van der Waals surface area contributed by atoms with Gasteiger partial charge in [0.15, 0.2) is 0 Å². The summed E-state index contributed by atoms with van der Waals surface area (Å²) in [6, 6.07) is 7.32. The number of hydrogen-bond donors (Lipinski definition) is 1. The highest BCUT2D eigenvalue weighted by atomic mass is 19.1. The van der Waals surface area contributed by atoms with Gasteiger partial charge in [-0.1, -0.05) is 19.1 Å². The number of carbonyl (C=O) groups excluding carboxylic acids is 1. The molecule has 0 aliphatic carbocycles. The van der Waals surface area contributed by atoms with Crippen LogP contribution in [-0.2, 0) is 20.5 Å². The monoisotopic (exact) mass is 341 g/mol. The van der Waals surface area contributed by atoms with E-state index in [-0.39, 0.29) is 11.7 Å². The first-order chi connectivity index (χ1) is 12.0. The molecule has 1 N–H and O–H groups in total. The Morgan fingerprint density at radius 3 is 2.56 bits per heavy atom. The van der Waals surface area contributed by atoms with E-state index >= 15 is 0 Å². The number of halogens is 1. The number of aromatic nitrogens is 4. The largest absolute Gasteiger partial charge is 0.337 e. The maximum atomic E-state index is 13.3. The minimum atomic E-state index is -0.493. The quantitative estimate of drug-likeness (QED) is 0.775. The fourth-order valence-electron chi connectivity index (χ4n) is 2.72. The zero-order valence-corrected chi connectivity index (χ0v) is 14.4. The highest BCUT2D eigenvalue weighted by Gasteiger charge is 2.23. The first kappa shape index (κ1) is 16.9. The molecule has 2 heterocycles. The summed E-state index contributed by atoms with van der Waals surface area (Å²) < 4.78 is 16.7. The first-order valence-corrected chi connectivity index (χ1v) is 8.06. The summed E-state index contributed by atoms with van der Waals surface area (Å²) in [7, 11) is 3.59. The van der Waals surface area contributed by atoms with E-state index in [2.05, 4.69) is 15.4 Å². The van der Waals surface area contributed by atoms with Crippen LogP contribution in [0.4, 0.5) is 4.39 Å². The summed E-state index contributed by atoms with van der Waals surface area (Å²) in [6.07, 6.45) is 4.22. The zero-order chi connectivity index (χ0) is 18.0. The third-order valence-corrected chi connectivity index (χ3v) is 4.12. The average Bonchev–Trinajstić information content (AvgIpc) is 3.19. The Kier molecular flexibility index (Phi) is 4.65. The summed E-state index contributed by atoms with van der Waals surface area (Å²) in [5, 5.41) is 7.29. The van der Waals surface area contributed by atoms with Crippen molar-refractivity contribution in [3.8, 4) is 0 Å². The van der Waals surface area contributed by atoms with Crippen LogP contribution in [0.25, 0.3) is 0 Å². The van der Waals surface area contributed by atoms with Crippen molar-refractivity contribution in [3.05, 3.63) is 71.3 Å². The summed E-state index contributed by atoms with van der Waals surface area (Å²) in [5.41, 5.74) is 2.07. The van der Waals surface area contributed by atoms with Crippen LogP contribution in [0.5, 0.6) is 0 Å². The second kappa shape index (κ2) is 6.88. The van der Waals surface area contributed by atoms with E-state index in [0.29, 0.717) is 11.5 Å². The van der Waals surface area contributed by atoms with Crippen LogP contribution in [0.2, 0.25) is 0 Å². The molecule has 1 amide bonds. The molecule has 3 aromatic rings. The van der Waals surface area contributed by atoms with Crippen LogP contribution in [0, 0.1) is 5.82 Å². The van der Waals surface area contributed by atoms with Gasteiger partial charge in [-0.2, -0.15) is 5.10 Å². The van der Waals surface area contributed by atoms with Gasteiger partial charge < -0.3 is 9.88 Å². The lowest BCUT2D eigenvalue weighted by molar-refractivity contribution is 0.0931. The molecule has 1 atom stereocenters. The number of nitrogens with zero attached hydrogens (tertiary/aromatic N) is 4. The van der Waals surface area contributed by atoms with Crippen molar-refractivity contribution in [2.45, 2.75) is 19.4 Å². The molecule has 25 heavy (non-hydrogen) atoms. The van der Waals surface area contributed by atoms with Crippen LogP contribution in [0.1, 0.15) is 40.5 Å². The van der Waals surface area contributed by atoms with Crippen LogP contribution >= 0.6 is 0 Å². The van der Waals surface area contributed by atoms with E-state index in [1.807, 2.05) is 18.5 Å². The molecule has 1 aromatic carbocycles. The molecule has 6 nitrogen and oxygen atoms in total. The third-order valence-electron chi connectivity index (χ3n) is 4.12. The second-order valence-corrected chi connectivity index (χ2v) is 5.85. The fraction of sp³-hybridized carbons (Fsp3) is 0.278. The lowest BCUT2D eigenvalue weighted by Crippen LogP contribution is -2.32. The SMILES string of the molecule is CCc1cc(C(=O)NC(c2ccc(F)cc2)c2nccn2C)n(C)n1. The topological polar surface area (TPSA) is 64.7 Å². The number of benzene rings is 1. The number of imidazole rings is 1. The van der Waals surface area contributed by atoms with Gasteiger partial charge >= 0.3 is 0 Å². The maximum Gasteiger partial charge on any atom is 0.270 e. The summed E-state index contributed by atoms with van der Waals surface area (Å²) >= 11 is 0. The van der Waals surface area contributed by atoms with Gasteiger partial charge in [0.1, 0.15) is 23.4 Å². The van der Waals surface area contributed by atoms with E-state index in [9.17, 15) is 9.18 Å². The molecule has 0 aliphatic heterocycles. The predicted molar refractivity (Wildman–Crippen MR) is 91.5 cm³/mol. The standard InChI is InChI=1S/C18H20FN5O/c1-4-14-11-15(24(3)22-14)18(25)21-16(17-20-9-10-23(17)2)12-5-7-13(19)8-6-12/h5-11,16H,4H2,1-3H3,(H,21,25). The van der Waals surface area contributed by atoms with Crippen LogP contribution in [-0.4, -0.2) is 25.2 Å². The van der Waals surface area contributed by atoms with Crippen molar-refractivity contribution in [2.24, 2.45) is 14.1 Å². The Morgan fingerprint density at radius 2 is 2.00 bits per heavy atom. The smallest absolute Gasteiger partial charge is 0.270 e. The summed E-state index contributed by atoms with van der Waals surface area (Å²) in [5.74, 6) is 0.0813. The maximum absolute atomic E-state index is 13.3. The van der Waals surface area contributed by atoms with Gasteiger partial charge in [0.05, 0.1) is 5.69 Å². The van der Waals surface area contributed by atoms with Gasteiger partial charge in [0.2, 0.25) is 0 Å². The molecular weight excluding hydrogens is 321 g/mol. The van der Waals surface area contributed by atoms with E-state index in [0.717, 1.165) is 17.7 Å². The van der Waals surface area contributed by atoms with Gasteiger partial charge in [-0.15, -0.1) is 0 Å². The van der Waals surface area contributed by atoms with Gasteiger partial charge in [-0.25, -0.2) is 9.37 Å². The lowest BCUT2D eigenvalue weighted by Gasteiger charge is -2.19. The molecule has 0 radical (unpaired) electrons. The van der Waals surface area contributed by atoms with Gasteiger partial charge in [0, 0.05) is 26.5 Å². The summed E-state index contributed by atoms with van der Waals surface area (Å²) in [4.78, 5) is 17.1. The highest BCUT2D eigenvalue weighted by molar-refractivity contribution is 5.93. The van der Waals surface area contributed by atoms with Crippen molar-refractivity contribution < 1.29 is 9.18 Å². The Bertz CT molecular complexity index is 881. The highest BCUT2D eigenvalue weighted by Crippen LogP contribution is 2.21. The van der Waals surface area contributed by atoms with Crippen LogP contribution in [0.15, 0.2) is 42.7 Å². The molecule has 7 heteroatoms. The van der Waals surface area contributed by atoms with Gasteiger partial charge in [-0.05, 0) is 30.2 Å². The Labute approximate surface area is 145 Å². The zero-order valence-electron chi connectivity index (χ0n) is 14.4. The minimum absolute atomic E-state index is 0.257. The lowest BCUT2D eigenvalue weighted by atomic mass is 10.1. The predicted octanol–water partition coefficient (Wildman–Crippen LogP) is 2.37. The van der Waals surface area contributed by atoms with Crippen molar-refractivity contribution in [1.82, 2.24) is 24.6 Å². The molecule has 0 bridgehead atoms.